The number of rotatable bonds is 12. The zero-order chi connectivity index (χ0) is 32.3. The molecule has 0 aromatic heterocycles. The number of anilines is 1. The van der Waals surface area contributed by atoms with Gasteiger partial charge in [0.15, 0.2) is 6.29 Å². The van der Waals surface area contributed by atoms with E-state index in [1.807, 2.05) is 25.3 Å². The quantitative estimate of drug-likeness (QED) is 0.0911. The minimum Gasteiger partial charge on any atom is -0.387 e. The average Bonchev–Trinajstić information content (AvgIpc) is 3.85. The SMILES string of the molecule is C=C(/C=C(/C=O)Nc1cccc(CN)c1)C(F)(F)F.CCC(=O)NC(CCC1CC1)(C1=CNCC=C1)c1ccc(F)c(C)c1. The van der Waals surface area contributed by atoms with Crippen LogP contribution in [0.1, 0.15) is 55.7 Å². The number of nitrogens with two attached hydrogens (primary N) is 1. The number of carbonyl (C=O) groups is 2. The summed E-state index contributed by atoms with van der Waals surface area (Å²) in [6.07, 6.45) is 7.38. The van der Waals surface area contributed by atoms with E-state index in [1.165, 1.54) is 18.9 Å². The molecule has 5 N–H and O–H groups in total. The smallest absolute Gasteiger partial charge is 0.387 e. The van der Waals surface area contributed by atoms with Gasteiger partial charge in [-0.3, -0.25) is 9.59 Å². The first kappa shape index (κ1) is 34.3. The molecule has 0 bridgehead atoms. The number of hydrogen-bond donors (Lipinski definition) is 4. The van der Waals surface area contributed by atoms with Gasteiger partial charge < -0.3 is 21.7 Å². The largest absolute Gasteiger partial charge is 0.415 e. The summed E-state index contributed by atoms with van der Waals surface area (Å²) in [6, 6.07) is 11.9. The molecular formula is C34H40F4N4O2. The minimum atomic E-state index is -4.56. The van der Waals surface area contributed by atoms with Crippen molar-refractivity contribution in [3.8, 4) is 0 Å². The van der Waals surface area contributed by atoms with Crippen molar-refractivity contribution in [1.82, 2.24) is 10.6 Å². The Morgan fingerprint density at radius 2 is 1.93 bits per heavy atom. The maximum Gasteiger partial charge on any atom is 0.415 e. The first-order valence-corrected chi connectivity index (χ1v) is 14.6. The molecule has 0 spiro atoms. The van der Waals surface area contributed by atoms with Gasteiger partial charge in [0.25, 0.3) is 0 Å². The number of hydrogen-bond acceptors (Lipinski definition) is 5. The van der Waals surface area contributed by atoms with Crippen LogP contribution in [0.2, 0.25) is 0 Å². The fourth-order valence-electron chi connectivity index (χ4n) is 4.77. The van der Waals surface area contributed by atoms with Gasteiger partial charge in [-0.2, -0.15) is 13.2 Å². The summed E-state index contributed by atoms with van der Waals surface area (Å²) in [5.41, 5.74) is 7.38. The summed E-state index contributed by atoms with van der Waals surface area (Å²) in [5.74, 6) is 0.547. The second kappa shape index (κ2) is 15.5. The molecule has 10 heteroatoms. The van der Waals surface area contributed by atoms with E-state index in [1.54, 1.807) is 31.2 Å². The zero-order valence-corrected chi connectivity index (χ0v) is 25.1. The zero-order valence-electron chi connectivity index (χ0n) is 25.1. The maximum absolute atomic E-state index is 13.9. The number of carbonyl (C=O) groups excluding carboxylic acids is 2. The van der Waals surface area contributed by atoms with Gasteiger partial charge in [0.2, 0.25) is 5.91 Å². The van der Waals surface area contributed by atoms with Crippen LogP contribution in [0.5, 0.6) is 0 Å². The third kappa shape index (κ3) is 9.67. The molecule has 1 atom stereocenters. The fourth-order valence-corrected chi connectivity index (χ4v) is 4.77. The molecule has 0 saturated heterocycles. The van der Waals surface area contributed by atoms with Crippen LogP contribution in [0.4, 0.5) is 23.2 Å². The Kier molecular flexibility index (Phi) is 12.1. The average molecular weight is 613 g/mol. The second-order valence-electron chi connectivity index (χ2n) is 10.9. The summed E-state index contributed by atoms with van der Waals surface area (Å²) in [7, 11) is 0. The Morgan fingerprint density at radius 1 is 1.18 bits per heavy atom. The molecule has 1 heterocycles. The van der Waals surface area contributed by atoms with E-state index in [4.69, 9.17) is 5.73 Å². The lowest BCUT2D eigenvalue weighted by Gasteiger charge is -2.38. The number of halogens is 4. The van der Waals surface area contributed by atoms with Crippen LogP contribution in [-0.2, 0) is 21.7 Å². The molecule has 4 rings (SSSR count). The molecule has 2 aromatic rings. The highest BCUT2D eigenvalue weighted by atomic mass is 19.4. The first-order chi connectivity index (χ1) is 20.9. The predicted molar refractivity (Wildman–Crippen MR) is 166 cm³/mol. The van der Waals surface area contributed by atoms with Gasteiger partial charge in [-0.1, -0.05) is 62.8 Å². The van der Waals surface area contributed by atoms with Gasteiger partial charge in [0, 0.05) is 31.4 Å². The van der Waals surface area contributed by atoms with Crippen LogP contribution in [0.25, 0.3) is 0 Å². The number of amides is 1. The molecule has 1 fully saturated rings. The van der Waals surface area contributed by atoms with E-state index < -0.39 is 17.3 Å². The van der Waals surface area contributed by atoms with Gasteiger partial charge in [-0.05, 0) is 72.2 Å². The van der Waals surface area contributed by atoms with E-state index in [-0.39, 0.29) is 17.4 Å². The van der Waals surface area contributed by atoms with E-state index in [0.29, 0.717) is 36.6 Å². The Hall–Kier alpha value is -4.18. The third-order valence-corrected chi connectivity index (χ3v) is 7.50. The van der Waals surface area contributed by atoms with E-state index in [9.17, 15) is 27.2 Å². The second-order valence-corrected chi connectivity index (χ2v) is 10.9. The number of benzene rings is 2. The normalized spacial score (nSPS) is 16.0. The summed E-state index contributed by atoms with van der Waals surface area (Å²) in [6.45, 7) is 7.58. The Labute approximate surface area is 256 Å². The number of alkyl halides is 3. The molecule has 2 aliphatic rings. The number of nitrogens with one attached hydrogen (secondary N) is 3. The van der Waals surface area contributed by atoms with Gasteiger partial charge in [-0.25, -0.2) is 4.39 Å². The Bertz CT molecular complexity index is 1430. The molecule has 0 radical (unpaired) electrons. The van der Waals surface area contributed by atoms with Crippen molar-refractivity contribution in [1.29, 1.82) is 0 Å². The Balaban J connectivity index is 0.000000251. The van der Waals surface area contributed by atoms with Crippen molar-refractivity contribution < 1.29 is 27.2 Å². The Morgan fingerprint density at radius 3 is 2.50 bits per heavy atom. The van der Waals surface area contributed by atoms with Crippen LogP contribution in [0.15, 0.2) is 90.3 Å². The molecule has 1 aliphatic carbocycles. The van der Waals surface area contributed by atoms with Crippen molar-refractivity contribution in [2.45, 2.75) is 64.2 Å². The summed E-state index contributed by atoms with van der Waals surface area (Å²) < 4.78 is 50.8. The molecule has 1 amide bonds. The molecule has 6 nitrogen and oxygen atoms in total. The first-order valence-electron chi connectivity index (χ1n) is 14.6. The molecular weight excluding hydrogens is 572 g/mol. The highest BCUT2D eigenvalue weighted by Gasteiger charge is 2.39. The van der Waals surface area contributed by atoms with Crippen LogP contribution >= 0.6 is 0 Å². The summed E-state index contributed by atoms with van der Waals surface area (Å²) >= 11 is 0. The number of dihydropyridines is 1. The molecule has 2 aromatic carbocycles. The molecule has 44 heavy (non-hydrogen) atoms. The van der Waals surface area contributed by atoms with Crippen molar-refractivity contribution >= 4 is 17.9 Å². The fraction of sp³-hybridized carbons (Fsp3) is 0.353. The van der Waals surface area contributed by atoms with Crippen molar-refractivity contribution in [2.24, 2.45) is 11.7 Å². The monoisotopic (exact) mass is 612 g/mol. The van der Waals surface area contributed by atoms with Gasteiger partial charge >= 0.3 is 6.18 Å². The lowest BCUT2D eigenvalue weighted by Crippen LogP contribution is -2.48. The van der Waals surface area contributed by atoms with E-state index in [2.05, 4.69) is 34.7 Å². The van der Waals surface area contributed by atoms with Crippen molar-refractivity contribution in [3.63, 3.8) is 0 Å². The van der Waals surface area contributed by atoms with Crippen LogP contribution in [0, 0.1) is 18.7 Å². The molecule has 1 unspecified atom stereocenters. The van der Waals surface area contributed by atoms with E-state index in [0.717, 1.165) is 42.0 Å². The highest BCUT2D eigenvalue weighted by molar-refractivity contribution is 5.80. The lowest BCUT2D eigenvalue weighted by atomic mass is 9.77. The number of aldehydes is 1. The number of allylic oxidation sites excluding steroid dienone is 3. The van der Waals surface area contributed by atoms with Gasteiger partial charge in [0.1, 0.15) is 5.82 Å². The van der Waals surface area contributed by atoms with Crippen molar-refractivity contribution in [3.05, 3.63) is 113 Å². The van der Waals surface area contributed by atoms with Gasteiger partial charge in [-0.15, -0.1) is 0 Å². The van der Waals surface area contributed by atoms with Crippen LogP contribution < -0.4 is 21.7 Å². The van der Waals surface area contributed by atoms with Crippen LogP contribution in [-0.4, -0.2) is 24.9 Å². The molecule has 1 saturated carbocycles. The van der Waals surface area contributed by atoms with Crippen molar-refractivity contribution in [2.75, 3.05) is 11.9 Å². The maximum atomic E-state index is 13.9. The molecule has 236 valence electrons. The van der Waals surface area contributed by atoms with Crippen LogP contribution in [0.3, 0.4) is 0 Å². The standard InChI is InChI=1S/C21H27FN2O.C13H13F3N2O/c1-3-20(25)24-21(11-10-16-6-7-16,18-5-4-12-23-14-18)17-8-9-19(22)15(2)13-17;1-9(13(14,15)16)5-12(8-19)18-11-4-2-3-10(6-11)7-17/h4-5,8-9,13-14,16,23H,3,6-7,10-12H2,1-2H3,(H,24,25);2-6,8,18H,1,7,17H2/b;12-5-. The minimum absolute atomic E-state index is 0.0117. The van der Waals surface area contributed by atoms with E-state index >= 15 is 0 Å². The summed E-state index contributed by atoms with van der Waals surface area (Å²) in [5, 5.41) is 9.11. The lowest BCUT2D eigenvalue weighted by molar-refractivity contribution is -0.122. The van der Waals surface area contributed by atoms with Gasteiger partial charge in [0.05, 0.1) is 16.8 Å². The molecule has 1 aliphatic heterocycles. The summed E-state index contributed by atoms with van der Waals surface area (Å²) in [4.78, 5) is 23.2. The number of aryl methyl sites for hydroxylation is 1. The topological polar surface area (TPSA) is 96.2 Å². The predicted octanol–water partition coefficient (Wildman–Crippen LogP) is 6.85. The third-order valence-electron chi connectivity index (χ3n) is 7.50. The highest BCUT2D eigenvalue weighted by Crippen LogP contribution is 2.42.